The van der Waals surface area contributed by atoms with Crippen molar-refractivity contribution in [2.45, 2.75) is 79.6 Å². The average molecular weight is 343 g/mol. The van der Waals surface area contributed by atoms with Gasteiger partial charge in [-0.1, -0.05) is 33.3 Å². The first-order valence-corrected chi connectivity index (χ1v) is 10.4. The normalized spacial score (nSPS) is 48.2. The Morgan fingerprint density at radius 3 is 2.44 bits per heavy atom. The third-order valence-electron chi connectivity index (χ3n) is 9.44. The molecule has 0 unspecified atom stereocenters. The lowest BCUT2D eigenvalue weighted by Crippen LogP contribution is -2.56. The van der Waals surface area contributed by atoms with Gasteiger partial charge >= 0.3 is 0 Å². The molecule has 4 rings (SSSR count). The van der Waals surface area contributed by atoms with Crippen LogP contribution in [0.15, 0.2) is 11.6 Å². The smallest absolute Gasteiger partial charge is 0.156 e. The van der Waals surface area contributed by atoms with E-state index in [2.05, 4.69) is 27.7 Å². The number of allylic oxidation sites excluding steroid dienone is 1. The quantitative estimate of drug-likeness (QED) is 0.643. The van der Waals surface area contributed by atoms with E-state index in [4.69, 9.17) is 0 Å². The number of hydrogen-bond acceptors (Lipinski definition) is 2. The zero-order chi connectivity index (χ0) is 18.2. The Kier molecular flexibility index (Phi) is 3.71. The second-order valence-corrected chi connectivity index (χ2v) is 10.6. The van der Waals surface area contributed by atoms with Crippen molar-refractivity contribution in [3.8, 4) is 0 Å². The summed E-state index contributed by atoms with van der Waals surface area (Å²) < 4.78 is 0. The van der Waals surface area contributed by atoms with Gasteiger partial charge in [0.1, 0.15) is 5.78 Å². The van der Waals surface area contributed by atoms with Gasteiger partial charge in [0.25, 0.3) is 0 Å². The van der Waals surface area contributed by atoms with Gasteiger partial charge in [-0.25, -0.2) is 0 Å². The summed E-state index contributed by atoms with van der Waals surface area (Å²) in [5.74, 6) is 3.14. The van der Waals surface area contributed by atoms with E-state index in [9.17, 15) is 9.59 Å². The molecule has 0 aromatic rings. The summed E-state index contributed by atoms with van der Waals surface area (Å²) in [6.07, 6.45) is 9.75. The largest absolute Gasteiger partial charge is 0.300 e. The molecule has 0 radical (unpaired) electrons. The average Bonchev–Trinajstić information content (AvgIpc) is 2.85. The number of ketones is 2. The Balaban J connectivity index is 1.73. The second kappa shape index (κ2) is 5.30. The Morgan fingerprint density at radius 1 is 1.04 bits per heavy atom. The molecule has 0 heterocycles. The highest BCUT2D eigenvalue weighted by Gasteiger charge is 2.62. The van der Waals surface area contributed by atoms with Crippen LogP contribution < -0.4 is 0 Å². The van der Waals surface area contributed by atoms with Crippen LogP contribution in [0.25, 0.3) is 0 Å². The minimum atomic E-state index is 0.0455. The maximum absolute atomic E-state index is 12.3. The van der Waals surface area contributed by atoms with Gasteiger partial charge in [0, 0.05) is 12.3 Å². The molecule has 2 heteroatoms. The lowest BCUT2D eigenvalue weighted by atomic mass is 9.41. The summed E-state index contributed by atoms with van der Waals surface area (Å²) in [5, 5.41) is 0. The van der Waals surface area contributed by atoms with E-state index in [0.29, 0.717) is 29.8 Å². The summed E-state index contributed by atoms with van der Waals surface area (Å²) in [5.41, 5.74) is 1.85. The van der Waals surface area contributed by atoms with Crippen molar-refractivity contribution in [3.05, 3.63) is 11.6 Å². The maximum Gasteiger partial charge on any atom is 0.156 e. The van der Waals surface area contributed by atoms with Gasteiger partial charge in [-0.05, 0) is 85.5 Å². The van der Waals surface area contributed by atoms with Crippen LogP contribution in [-0.2, 0) is 9.59 Å². The highest BCUT2D eigenvalue weighted by atomic mass is 16.1. The number of fused-ring (bicyclic) bond motifs is 5. The third kappa shape index (κ3) is 2.15. The maximum atomic E-state index is 12.3. The van der Waals surface area contributed by atoms with Crippen molar-refractivity contribution >= 4 is 11.6 Å². The molecule has 0 aromatic heterocycles. The first-order valence-electron chi connectivity index (χ1n) is 10.4. The van der Waals surface area contributed by atoms with Crippen LogP contribution in [0.2, 0.25) is 0 Å². The van der Waals surface area contributed by atoms with E-state index in [0.717, 1.165) is 18.8 Å². The summed E-state index contributed by atoms with van der Waals surface area (Å²) in [6, 6.07) is 0. The molecule has 4 aliphatic rings. The summed E-state index contributed by atoms with van der Waals surface area (Å²) in [4.78, 5) is 24.5. The molecule has 6 atom stereocenters. The zero-order valence-corrected chi connectivity index (χ0v) is 16.7. The van der Waals surface area contributed by atoms with E-state index in [-0.39, 0.29) is 22.2 Å². The van der Waals surface area contributed by atoms with Gasteiger partial charge in [-0.3, -0.25) is 9.59 Å². The SMILES string of the molecule is CC(=O)[C@H]1CC[C@H]2[C@@H]3CCC4=CC(=O)CC(C)(C)[C@]4(C)[C@H]3CC[C@]12C. The molecule has 138 valence electrons. The first kappa shape index (κ1) is 17.5. The minimum Gasteiger partial charge on any atom is -0.300 e. The van der Waals surface area contributed by atoms with Crippen LogP contribution in [0.3, 0.4) is 0 Å². The number of Topliss-reactive ketones (excluding diaryl/α,β-unsaturated/α-hetero) is 1. The van der Waals surface area contributed by atoms with Gasteiger partial charge in [-0.2, -0.15) is 0 Å². The summed E-state index contributed by atoms with van der Waals surface area (Å²) >= 11 is 0. The Morgan fingerprint density at radius 2 is 1.76 bits per heavy atom. The van der Waals surface area contributed by atoms with Gasteiger partial charge in [-0.15, -0.1) is 0 Å². The molecule has 0 N–H and O–H groups in total. The second-order valence-electron chi connectivity index (χ2n) is 10.6. The van der Waals surface area contributed by atoms with Crippen molar-refractivity contribution < 1.29 is 9.59 Å². The fourth-order valence-electron chi connectivity index (χ4n) is 7.92. The Hall–Kier alpha value is -0.920. The van der Waals surface area contributed by atoms with Crippen LogP contribution >= 0.6 is 0 Å². The van der Waals surface area contributed by atoms with Crippen LogP contribution in [0.1, 0.15) is 79.6 Å². The Bertz CT molecular complexity index is 657. The molecule has 0 saturated heterocycles. The van der Waals surface area contributed by atoms with Crippen molar-refractivity contribution in [2.75, 3.05) is 0 Å². The van der Waals surface area contributed by atoms with Crippen molar-refractivity contribution in [3.63, 3.8) is 0 Å². The molecule has 0 amide bonds. The van der Waals surface area contributed by atoms with Crippen molar-refractivity contribution in [1.29, 1.82) is 0 Å². The highest BCUT2D eigenvalue weighted by Crippen LogP contribution is 2.69. The Labute approximate surface area is 152 Å². The van der Waals surface area contributed by atoms with Gasteiger partial charge in [0.2, 0.25) is 0 Å². The predicted molar refractivity (Wildman–Crippen MR) is 100 cm³/mol. The van der Waals surface area contributed by atoms with Crippen LogP contribution in [0, 0.1) is 39.9 Å². The van der Waals surface area contributed by atoms with Crippen molar-refractivity contribution in [1.82, 2.24) is 0 Å². The van der Waals surface area contributed by atoms with Crippen LogP contribution in [0.4, 0.5) is 0 Å². The van der Waals surface area contributed by atoms with Crippen LogP contribution in [-0.4, -0.2) is 11.6 Å². The lowest BCUT2D eigenvalue weighted by Gasteiger charge is -2.62. The van der Waals surface area contributed by atoms with Gasteiger partial charge in [0.15, 0.2) is 5.78 Å². The molecular weight excluding hydrogens is 308 g/mol. The van der Waals surface area contributed by atoms with Crippen LogP contribution in [0.5, 0.6) is 0 Å². The van der Waals surface area contributed by atoms with Gasteiger partial charge in [0.05, 0.1) is 0 Å². The molecule has 0 aliphatic heterocycles. The molecule has 0 spiro atoms. The molecule has 0 bridgehead atoms. The topological polar surface area (TPSA) is 34.1 Å². The predicted octanol–water partition coefficient (Wildman–Crippen LogP) is 5.36. The highest BCUT2D eigenvalue weighted by molar-refractivity contribution is 5.92. The van der Waals surface area contributed by atoms with E-state index in [1.807, 2.05) is 13.0 Å². The summed E-state index contributed by atoms with van der Waals surface area (Å²) in [7, 11) is 0. The van der Waals surface area contributed by atoms with Gasteiger partial charge < -0.3 is 0 Å². The van der Waals surface area contributed by atoms with Crippen molar-refractivity contribution in [2.24, 2.45) is 39.9 Å². The monoisotopic (exact) mass is 342 g/mol. The molecule has 2 nitrogen and oxygen atoms in total. The molecular formula is C23H34O2. The van der Waals surface area contributed by atoms with E-state index < -0.39 is 0 Å². The third-order valence-corrected chi connectivity index (χ3v) is 9.44. The minimum absolute atomic E-state index is 0.0455. The number of carbonyl (C=O) groups is 2. The standard InChI is InChI=1S/C23H34O2/c1-14(24)18-8-9-19-17-7-6-15-12-16(25)13-21(2,3)23(15,5)20(17)10-11-22(18,19)4/h12,17-20H,6-11,13H2,1-5H3/t17-,18+,19-,20-,22+,23-/m0/s1. The fraction of sp³-hybridized carbons (Fsp3) is 0.826. The first-order chi connectivity index (χ1) is 11.6. The molecule has 3 fully saturated rings. The van der Waals surface area contributed by atoms with E-state index in [1.165, 1.54) is 31.3 Å². The molecule has 0 aromatic carbocycles. The fourth-order valence-corrected chi connectivity index (χ4v) is 7.92. The molecule has 3 saturated carbocycles. The zero-order valence-electron chi connectivity index (χ0n) is 16.7. The summed E-state index contributed by atoms with van der Waals surface area (Å²) in [6.45, 7) is 11.3. The molecule has 4 aliphatic carbocycles. The number of rotatable bonds is 1. The lowest BCUT2D eigenvalue weighted by molar-refractivity contribution is -0.134. The van der Waals surface area contributed by atoms with E-state index in [1.54, 1.807) is 0 Å². The van der Waals surface area contributed by atoms with E-state index >= 15 is 0 Å². The number of hydrogen-bond donors (Lipinski definition) is 0. The molecule has 25 heavy (non-hydrogen) atoms. The number of carbonyl (C=O) groups excluding carboxylic acids is 2.